The van der Waals surface area contributed by atoms with Crippen molar-refractivity contribution in [2.75, 3.05) is 14.2 Å². The molecule has 31 heavy (non-hydrogen) atoms. The van der Waals surface area contributed by atoms with Crippen LogP contribution in [0.2, 0.25) is 0 Å². The minimum Gasteiger partial charge on any atom is -0.490 e. The molecule has 2 aromatic rings. The summed E-state index contributed by atoms with van der Waals surface area (Å²) in [6, 6.07) is 11.7. The van der Waals surface area contributed by atoms with Crippen LogP contribution in [0.4, 0.5) is 0 Å². The monoisotopic (exact) mass is 491 g/mol. The van der Waals surface area contributed by atoms with Crippen LogP contribution < -0.4 is 9.47 Å². The van der Waals surface area contributed by atoms with E-state index < -0.39 is 5.97 Å². The second kappa shape index (κ2) is 12.6. The van der Waals surface area contributed by atoms with Gasteiger partial charge in [-0.2, -0.15) is 5.26 Å². The average molecular weight is 492 g/mol. The molecule has 0 bridgehead atoms. The number of nitriles is 1. The van der Waals surface area contributed by atoms with Gasteiger partial charge < -0.3 is 18.9 Å². The number of esters is 2. The summed E-state index contributed by atoms with van der Waals surface area (Å²) >= 11 is 3.34. The lowest BCUT2D eigenvalue weighted by molar-refractivity contribution is 0.0591. The van der Waals surface area contributed by atoms with E-state index in [4.69, 9.17) is 14.7 Å². The number of hydrogen-bond donors (Lipinski definition) is 0. The summed E-state index contributed by atoms with van der Waals surface area (Å²) in [6.45, 7) is 7.63. The van der Waals surface area contributed by atoms with Crippen LogP contribution in [-0.4, -0.2) is 38.4 Å². The van der Waals surface area contributed by atoms with Gasteiger partial charge in [0, 0.05) is 0 Å². The average Bonchev–Trinajstić information content (AvgIpc) is 2.74. The summed E-state index contributed by atoms with van der Waals surface area (Å²) in [4.78, 5) is 22.5. The van der Waals surface area contributed by atoms with Gasteiger partial charge in [0.15, 0.2) is 0 Å². The van der Waals surface area contributed by atoms with Gasteiger partial charge in [-0.15, -0.1) is 0 Å². The fourth-order valence-corrected chi connectivity index (χ4v) is 2.79. The third-order valence-corrected chi connectivity index (χ3v) is 4.22. The van der Waals surface area contributed by atoms with Crippen molar-refractivity contribution in [3.63, 3.8) is 0 Å². The quantitative estimate of drug-likeness (QED) is 0.515. The number of rotatable bonds is 6. The lowest BCUT2D eigenvalue weighted by atomic mass is 10.1. The largest absolute Gasteiger partial charge is 0.490 e. The Hall–Kier alpha value is -3.05. The highest BCUT2D eigenvalue weighted by molar-refractivity contribution is 9.10. The number of benzene rings is 2. The SMILES string of the molecule is COC(=O)c1ccc(OC(C)C)c(Br)c1.COC(=O)c1ccc(OC(C)C)c(C#N)c1. The maximum atomic E-state index is 11.2. The summed E-state index contributed by atoms with van der Waals surface area (Å²) in [6.07, 6.45) is 0.0846. The molecular weight excluding hydrogens is 466 g/mol. The van der Waals surface area contributed by atoms with Crippen LogP contribution in [0, 0.1) is 11.3 Å². The van der Waals surface area contributed by atoms with Crippen LogP contribution in [0.1, 0.15) is 54.0 Å². The standard InChI is InChI=1S/C12H13NO3.C11H13BrO3/c1-8(2)16-11-5-4-9(12(14)15-3)6-10(11)7-13;1-7(2)15-10-5-4-8(6-9(10)12)11(13)14-3/h4-6,8H,1-3H3;4-7H,1-3H3. The predicted octanol–water partition coefficient (Wildman–Crippen LogP) is 5.15. The summed E-state index contributed by atoms with van der Waals surface area (Å²) in [7, 11) is 2.65. The molecule has 0 fully saturated rings. The highest BCUT2D eigenvalue weighted by Gasteiger charge is 2.11. The molecule has 0 aromatic heterocycles. The minimum atomic E-state index is -0.465. The Kier molecular flexibility index (Phi) is 10.6. The van der Waals surface area contributed by atoms with Gasteiger partial charge in [0.1, 0.15) is 17.6 Å². The van der Waals surface area contributed by atoms with E-state index in [0.717, 1.165) is 10.2 Å². The first-order valence-electron chi connectivity index (χ1n) is 9.46. The van der Waals surface area contributed by atoms with Crippen molar-refractivity contribution in [1.29, 1.82) is 5.26 Å². The number of hydrogen-bond acceptors (Lipinski definition) is 7. The van der Waals surface area contributed by atoms with E-state index in [1.54, 1.807) is 30.3 Å². The van der Waals surface area contributed by atoms with Crippen molar-refractivity contribution < 1.29 is 28.5 Å². The maximum Gasteiger partial charge on any atom is 0.337 e. The van der Waals surface area contributed by atoms with Crippen LogP contribution in [0.5, 0.6) is 11.5 Å². The third kappa shape index (κ3) is 8.30. The van der Waals surface area contributed by atoms with E-state index in [1.165, 1.54) is 20.3 Å². The molecule has 2 aromatic carbocycles. The van der Waals surface area contributed by atoms with Gasteiger partial charge in [-0.05, 0) is 80.0 Å². The van der Waals surface area contributed by atoms with Gasteiger partial charge in [-0.3, -0.25) is 0 Å². The van der Waals surface area contributed by atoms with E-state index in [2.05, 4.69) is 25.4 Å². The molecule has 166 valence electrons. The Morgan fingerprint density at radius 1 is 0.839 bits per heavy atom. The Morgan fingerprint density at radius 3 is 1.71 bits per heavy atom. The molecule has 0 spiro atoms. The van der Waals surface area contributed by atoms with Crippen molar-refractivity contribution >= 4 is 27.9 Å². The second-order valence-corrected chi connectivity index (χ2v) is 7.64. The van der Waals surface area contributed by atoms with Crippen molar-refractivity contribution in [2.45, 2.75) is 39.9 Å². The Balaban J connectivity index is 0.000000311. The van der Waals surface area contributed by atoms with E-state index in [1.807, 2.05) is 33.8 Å². The zero-order chi connectivity index (χ0) is 23.6. The number of ether oxygens (including phenoxy) is 4. The minimum absolute atomic E-state index is 0.0175. The van der Waals surface area contributed by atoms with Crippen LogP contribution in [0.3, 0.4) is 0 Å². The highest BCUT2D eigenvalue weighted by atomic mass is 79.9. The molecule has 8 heteroatoms. The molecule has 0 amide bonds. The molecule has 0 aliphatic heterocycles. The Labute approximate surface area is 191 Å². The van der Waals surface area contributed by atoms with Gasteiger partial charge in [0.25, 0.3) is 0 Å². The van der Waals surface area contributed by atoms with E-state index in [0.29, 0.717) is 22.4 Å². The van der Waals surface area contributed by atoms with Crippen molar-refractivity contribution in [3.05, 3.63) is 57.6 Å². The number of halogens is 1. The number of carbonyl (C=O) groups is 2. The fourth-order valence-electron chi connectivity index (χ4n) is 2.31. The molecular formula is C23H26BrNO6. The van der Waals surface area contributed by atoms with Gasteiger partial charge in [0.2, 0.25) is 0 Å². The molecule has 0 heterocycles. The van der Waals surface area contributed by atoms with Crippen molar-refractivity contribution in [2.24, 2.45) is 0 Å². The van der Waals surface area contributed by atoms with E-state index in [9.17, 15) is 9.59 Å². The van der Waals surface area contributed by atoms with Gasteiger partial charge in [0.05, 0.1) is 47.6 Å². The van der Waals surface area contributed by atoms with Crippen molar-refractivity contribution in [1.82, 2.24) is 0 Å². The molecule has 2 rings (SSSR count). The molecule has 0 atom stereocenters. The second-order valence-electron chi connectivity index (χ2n) is 6.78. The van der Waals surface area contributed by atoms with Crippen LogP contribution in [0.25, 0.3) is 0 Å². The molecule has 0 saturated carbocycles. The summed E-state index contributed by atoms with van der Waals surface area (Å²) in [5.74, 6) is 0.377. The molecule has 7 nitrogen and oxygen atoms in total. The summed E-state index contributed by atoms with van der Waals surface area (Å²) in [5.41, 5.74) is 1.17. The molecule has 0 saturated heterocycles. The zero-order valence-corrected chi connectivity index (χ0v) is 20.0. The van der Waals surface area contributed by atoms with Crippen LogP contribution >= 0.6 is 15.9 Å². The first-order valence-corrected chi connectivity index (χ1v) is 10.3. The first-order chi connectivity index (χ1) is 14.6. The first kappa shape index (κ1) is 26.0. The molecule has 0 aliphatic carbocycles. The number of methoxy groups -OCH3 is 2. The maximum absolute atomic E-state index is 11.2. The molecule has 0 aliphatic rings. The van der Waals surface area contributed by atoms with Gasteiger partial charge >= 0.3 is 11.9 Å². The summed E-state index contributed by atoms with van der Waals surface area (Å²) < 4.78 is 20.9. The number of carbonyl (C=O) groups excluding carboxylic acids is 2. The fraction of sp³-hybridized carbons (Fsp3) is 0.348. The van der Waals surface area contributed by atoms with E-state index >= 15 is 0 Å². The highest BCUT2D eigenvalue weighted by Crippen LogP contribution is 2.27. The third-order valence-electron chi connectivity index (χ3n) is 3.60. The Morgan fingerprint density at radius 2 is 1.29 bits per heavy atom. The number of nitrogens with zero attached hydrogens (tertiary/aromatic N) is 1. The lowest BCUT2D eigenvalue weighted by Gasteiger charge is -2.11. The van der Waals surface area contributed by atoms with E-state index in [-0.39, 0.29) is 18.2 Å². The molecule has 0 radical (unpaired) electrons. The smallest absolute Gasteiger partial charge is 0.337 e. The summed E-state index contributed by atoms with van der Waals surface area (Å²) in [5, 5.41) is 8.93. The predicted molar refractivity (Wildman–Crippen MR) is 120 cm³/mol. The normalized spacial score (nSPS) is 9.94. The zero-order valence-electron chi connectivity index (χ0n) is 18.4. The Bertz CT molecular complexity index is 950. The van der Waals surface area contributed by atoms with Crippen LogP contribution in [-0.2, 0) is 9.47 Å². The van der Waals surface area contributed by atoms with Crippen molar-refractivity contribution in [3.8, 4) is 17.6 Å². The molecule has 0 N–H and O–H groups in total. The lowest BCUT2D eigenvalue weighted by Crippen LogP contribution is -2.08. The topological polar surface area (TPSA) is 94.8 Å². The van der Waals surface area contributed by atoms with Gasteiger partial charge in [-0.25, -0.2) is 9.59 Å². The van der Waals surface area contributed by atoms with Gasteiger partial charge in [-0.1, -0.05) is 0 Å². The van der Waals surface area contributed by atoms with Crippen LogP contribution in [0.15, 0.2) is 40.9 Å². The molecule has 0 unspecified atom stereocenters.